The summed E-state index contributed by atoms with van der Waals surface area (Å²) in [4.78, 5) is 25.1. The van der Waals surface area contributed by atoms with Crippen LogP contribution in [0.4, 0.5) is 25.8 Å². The molecule has 0 bridgehead atoms. The number of amides is 1. The van der Waals surface area contributed by atoms with Crippen molar-refractivity contribution in [1.29, 1.82) is 0 Å². The number of nitro groups is 1. The monoisotopic (exact) mass is 422 g/mol. The Labute approximate surface area is 169 Å². The summed E-state index contributed by atoms with van der Waals surface area (Å²) in [6, 6.07) is 6.80. The van der Waals surface area contributed by atoms with Crippen LogP contribution in [-0.2, 0) is 4.74 Å². The van der Waals surface area contributed by atoms with E-state index in [1.54, 1.807) is 0 Å². The molecule has 1 heterocycles. The number of non-ortho nitro benzene ring substituents is 1. The summed E-state index contributed by atoms with van der Waals surface area (Å²) in [6.45, 7) is 1.95. The van der Waals surface area contributed by atoms with Crippen LogP contribution in [0.3, 0.4) is 0 Å². The predicted molar refractivity (Wildman–Crippen MR) is 106 cm³/mol. The number of carbonyl (C=O) groups excluding carboxylic acids is 1. The molecule has 0 radical (unpaired) electrons. The molecule has 152 valence electrons. The molecule has 0 saturated carbocycles. The van der Waals surface area contributed by atoms with E-state index in [9.17, 15) is 23.7 Å². The van der Waals surface area contributed by atoms with Crippen molar-refractivity contribution < 1.29 is 23.2 Å². The topological polar surface area (TPSA) is 96.7 Å². The first-order valence-electron chi connectivity index (χ1n) is 8.53. The first-order chi connectivity index (χ1) is 13.8. The van der Waals surface area contributed by atoms with Gasteiger partial charge in [0.2, 0.25) is 0 Å². The van der Waals surface area contributed by atoms with Crippen molar-refractivity contribution in [2.45, 2.75) is 0 Å². The number of hydrogen-bond donors (Lipinski definition) is 2. The highest BCUT2D eigenvalue weighted by molar-refractivity contribution is 7.80. The Balaban J connectivity index is 1.81. The molecule has 1 amide bonds. The van der Waals surface area contributed by atoms with Gasteiger partial charge in [-0.05, 0) is 30.4 Å². The van der Waals surface area contributed by atoms with E-state index in [0.717, 1.165) is 18.2 Å². The van der Waals surface area contributed by atoms with Crippen LogP contribution in [-0.4, -0.2) is 42.2 Å². The maximum absolute atomic E-state index is 13.8. The lowest BCUT2D eigenvalue weighted by Gasteiger charge is -2.30. The maximum atomic E-state index is 13.8. The highest BCUT2D eigenvalue weighted by Crippen LogP contribution is 2.26. The molecule has 2 N–H and O–H groups in total. The van der Waals surface area contributed by atoms with Gasteiger partial charge in [0.05, 0.1) is 35.1 Å². The third-order valence-corrected chi connectivity index (χ3v) is 4.40. The Morgan fingerprint density at radius 2 is 1.90 bits per heavy atom. The van der Waals surface area contributed by atoms with Crippen LogP contribution < -0.4 is 15.5 Å². The summed E-state index contributed by atoms with van der Waals surface area (Å²) in [7, 11) is 0. The van der Waals surface area contributed by atoms with Crippen LogP contribution in [0.25, 0.3) is 0 Å². The molecule has 2 aromatic rings. The number of carbonyl (C=O) groups is 1. The van der Waals surface area contributed by atoms with E-state index in [2.05, 4.69) is 10.6 Å². The van der Waals surface area contributed by atoms with E-state index in [4.69, 9.17) is 17.0 Å². The summed E-state index contributed by atoms with van der Waals surface area (Å²) in [5.41, 5.74) is 0.164. The largest absolute Gasteiger partial charge is 0.378 e. The molecule has 1 aliphatic heterocycles. The number of nitro benzene ring substituents is 1. The average molecular weight is 422 g/mol. The molecule has 0 spiro atoms. The normalized spacial score (nSPS) is 13.7. The van der Waals surface area contributed by atoms with E-state index in [1.165, 1.54) is 12.1 Å². The second-order valence-electron chi connectivity index (χ2n) is 6.09. The zero-order valence-electron chi connectivity index (χ0n) is 15.0. The van der Waals surface area contributed by atoms with Gasteiger partial charge in [0, 0.05) is 31.3 Å². The standard InChI is InChI=1S/C18H16F2N4O4S/c19-11-1-3-15(14(20)9-11)21-18(29)22-17(25)13-10-12(24(26)27)2-4-16(13)23-5-7-28-8-6-23/h1-4,9-10H,5-8H2,(H2,21,22,25,29). The number of hydrogen-bond acceptors (Lipinski definition) is 6. The summed E-state index contributed by atoms with van der Waals surface area (Å²) in [5.74, 6) is -2.34. The lowest BCUT2D eigenvalue weighted by molar-refractivity contribution is -0.384. The smallest absolute Gasteiger partial charge is 0.270 e. The molecule has 11 heteroatoms. The van der Waals surface area contributed by atoms with Gasteiger partial charge < -0.3 is 15.0 Å². The molecule has 0 aliphatic carbocycles. The Bertz CT molecular complexity index is 967. The summed E-state index contributed by atoms with van der Waals surface area (Å²) < 4.78 is 32.0. The van der Waals surface area contributed by atoms with E-state index in [-0.39, 0.29) is 22.1 Å². The minimum absolute atomic E-state index is 0.0461. The van der Waals surface area contributed by atoms with Crippen LogP contribution in [0.15, 0.2) is 36.4 Å². The number of rotatable bonds is 4. The van der Waals surface area contributed by atoms with Crippen molar-refractivity contribution in [1.82, 2.24) is 5.32 Å². The van der Waals surface area contributed by atoms with Crippen molar-refractivity contribution in [3.8, 4) is 0 Å². The van der Waals surface area contributed by atoms with Crippen molar-refractivity contribution in [3.63, 3.8) is 0 Å². The molecule has 0 atom stereocenters. The van der Waals surface area contributed by atoms with E-state index < -0.39 is 22.5 Å². The Kier molecular flexibility index (Phi) is 6.29. The van der Waals surface area contributed by atoms with E-state index >= 15 is 0 Å². The average Bonchev–Trinajstić information content (AvgIpc) is 2.70. The van der Waals surface area contributed by atoms with Crippen molar-refractivity contribution >= 4 is 40.3 Å². The fourth-order valence-corrected chi connectivity index (χ4v) is 3.02. The fourth-order valence-electron chi connectivity index (χ4n) is 2.81. The van der Waals surface area contributed by atoms with Gasteiger partial charge in [-0.1, -0.05) is 0 Å². The molecule has 8 nitrogen and oxygen atoms in total. The number of halogens is 2. The zero-order chi connectivity index (χ0) is 21.0. The second-order valence-corrected chi connectivity index (χ2v) is 6.50. The van der Waals surface area contributed by atoms with E-state index in [1.807, 2.05) is 4.90 Å². The van der Waals surface area contributed by atoms with Gasteiger partial charge in [-0.3, -0.25) is 20.2 Å². The number of thiocarbonyl (C=S) groups is 1. The number of nitrogens with one attached hydrogen (secondary N) is 2. The summed E-state index contributed by atoms with van der Waals surface area (Å²) >= 11 is 5.02. The van der Waals surface area contributed by atoms with Gasteiger partial charge in [0.1, 0.15) is 11.6 Å². The number of anilines is 2. The first kappa shape index (κ1) is 20.6. The van der Waals surface area contributed by atoms with Crippen LogP contribution >= 0.6 is 12.2 Å². The third-order valence-electron chi connectivity index (χ3n) is 4.19. The Morgan fingerprint density at radius 1 is 1.17 bits per heavy atom. The molecule has 29 heavy (non-hydrogen) atoms. The molecular weight excluding hydrogens is 406 g/mol. The maximum Gasteiger partial charge on any atom is 0.270 e. The fraction of sp³-hybridized carbons (Fsp3) is 0.222. The van der Waals surface area contributed by atoms with Crippen LogP contribution in [0.1, 0.15) is 10.4 Å². The van der Waals surface area contributed by atoms with Crippen LogP contribution in [0.5, 0.6) is 0 Å². The molecule has 1 aliphatic rings. The number of ether oxygens (including phenoxy) is 1. The number of benzene rings is 2. The molecule has 2 aromatic carbocycles. The SMILES string of the molecule is O=C(NC(=S)Nc1ccc(F)cc1F)c1cc([N+](=O)[O-])ccc1N1CCOCC1. The van der Waals surface area contributed by atoms with Gasteiger partial charge in [0.25, 0.3) is 11.6 Å². The molecule has 3 rings (SSSR count). The number of nitrogens with zero attached hydrogens (tertiary/aromatic N) is 2. The minimum Gasteiger partial charge on any atom is -0.378 e. The summed E-state index contributed by atoms with van der Waals surface area (Å²) in [5, 5.41) is 15.7. The van der Waals surface area contributed by atoms with Crippen molar-refractivity contribution in [2.24, 2.45) is 0 Å². The van der Waals surface area contributed by atoms with E-state index in [0.29, 0.717) is 38.1 Å². The Morgan fingerprint density at radius 3 is 2.55 bits per heavy atom. The molecule has 0 unspecified atom stereocenters. The highest BCUT2D eigenvalue weighted by atomic mass is 32.1. The second kappa shape index (κ2) is 8.88. The lowest BCUT2D eigenvalue weighted by Crippen LogP contribution is -2.39. The predicted octanol–water partition coefficient (Wildman–Crippen LogP) is 2.84. The molecule has 1 fully saturated rings. The zero-order valence-corrected chi connectivity index (χ0v) is 15.8. The molecular formula is C18H16F2N4O4S. The summed E-state index contributed by atoms with van der Waals surface area (Å²) in [6.07, 6.45) is 0. The number of morpholine rings is 1. The molecule has 0 aromatic heterocycles. The van der Waals surface area contributed by atoms with Gasteiger partial charge in [0.15, 0.2) is 5.11 Å². The van der Waals surface area contributed by atoms with Crippen molar-refractivity contribution in [3.05, 3.63) is 63.7 Å². The van der Waals surface area contributed by atoms with Gasteiger partial charge >= 0.3 is 0 Å². The van der Waals surface area contributed by atoms with Gasteiger partial charge in [-0.2, -0.15) is 0 Å². The van der Waals surface area contributed by atoms with Crippen LogP contribution in [0, 0.1) is 21.7 Å². The van der Waals surface area contributed by atoms with Gasteiger partial charge in [-0.15, -0.1) is 0 Å². The highest BCUT2D eigenvalue weighted by Gasteiger charge is 2.22. The van der Waals surface area contributed by atoms with Crippen LogP contribution in [0.2, 0.25) is 0 Å². The first-order valence-corrected chi connectivity index (χ1v) is 8.94. The Hall–Kier alpha value is -3.18. The van der Waals surface area contributed by atoms with Crippen molar-refractivity contribution in [2.75, 3.05) is 36.5 Å². The lowest BCUT2D eigenvalue weighted by atomic mass is 10.1. The minimum atomic E-state index is -0.883. The quantitative estimate of drug-likeness (QED) is 0.444. The third kappa shape index (κ3) is 5.00. The molecule has 1 saturated heterocycles. The van der Waals surface area contributed by atoms with Gasteiger partial charge in [-0.25, -0.2) is 8.78 Å².